The molecule has 0 radical (unpaired) electrons. The van der Waals surface area contributed by atoms with Gasteiger partial charge >= 0.3 is 0 Å². The lowest BCUT2D eigenvalue weighted by molar-refractivity contribution is 0.344. The number of nitrogens with one attached hydrogen (secondary N) is 1. The van der Waals surface area contributed by atoms with Crippen LogP contribution in [0.25, 0.3) is 0 Å². The molecule has 0 saturated heterocycles. The van der Waals surface area contributed by atoms with Gasteiger partial charge in [-0.1, -0.05) is 13.3 Å². The zero-order valence-electron chi connectivity index (χ0n) is 11.9. The molecule has 1 N–H and O–H groups in total. The van der Waals surface area contributed by atoms with Gasteiger partial charge in [0.1, 0.15) is 5.75 Å². The van der Waals surface area contributed by atoms with Gasteiger partial charge in [0.2, 0.25) is 0 Å². The standard InChI is InChI=1S/C14H23NO3/c1-6-7-11(15-2)10-8-13(17-4)14(18-5)9-12(10)16-3/h8-9,11,15H,6-7H2,1-5H3. The van der Waals surface area contributed by atoms with Crippen LogP contribution in [0.2, 0.25) is 0 Å². The van der Waals surface area contributed by atoms with Gasteiger partial charge in [0.25, 0.3) is 0 Å². The Balaban J connectivity index is 3.23. The molecule has 1 rings (SSSR count). The van der Waals surface area contributed by atoms with E-state index in [-0.39, 0.29) is 6.04 Å². The van der Waals surface area contributed by atoms with E-state index in [9.17, 15) is 0 Å². The normalized spacial score (nSPS) is 12.1. The molecule has 0 fully saturated rings. The summed E-state index contributed by atoms with van der Waals surface area (Å²) in [4.78, 5) is 0. The van der Waals surface area contributed by atoms with Crippen molar-refractivity contribution in [2.24, 2.45) is 0 Å². The maximum absolute atomic E-state index is 5.44. The van der Waals surface area contributed by atoms with Crippen molar-refractivity contribution in [2.45, 2.75) is 25.8 Å². The van der Waals surface area contributed by atoms with Crippen molar-refractivity contribution in [1.82, 2.24) is 5.32 Å². The molecule has 102 valence electrons. The fraction of sp³-hybridized carbons (Fsp3) is 0.571. The average Bonchev–Trinajstić information content (AvgIpc) is 2.43. The van der Waals surface area contributed by atoms with Gasteiger partial charge in [-0.3, -0.25) is 0 Å². The Hall–Kier alpha value is -1.42. The third kappa shape index (κ3) is 3.07. The number of methoxy groups -OCH3 is 3. The van der Waals surface area contributed by atoms with E-state index in [2.05, 4.69) is 12.2 Å². The SMILES string of the molecule is CCCC(NC)c1cc(OC)c(OC)cc1OC. The van der Waals surface area contributed by atoms with Gasteiger partial charge in [-0.05, 0) is 19.5 Å². The predicted molar refractivity (Wildman–Crippen MR) is 72.8 cm³/mol. The second kappa shape index (κ2) is 7.11. The van der Waals surface area contributed by atoms with Crippen LogP contribution in [0, 0.1) is 0 Å². The summed E-state index contributed by atoms with van der Waals surface area (Å²) in [5, 5.41) is 3.31. The number of hydrogen-bond acceptors (Lipinski definition) is 4. The zero-order valence-corrected chi connectivity index (χ0v) is 11.9. The average molecular weight is 253 g/mol. The first-order valence-corrected chi connectivity index (χ1v) is 6.18. The van der Waals surface area contributed by atoms with Crippen LogP contribution in [0.4, 0.5) is 0 Å². The lowest BCUT2D eigenvalue weighted by Gasteiger charge is -2.21. The Morgan fingerprint density at radius 3 is 2.00 bits per heavy atom. The number of hydrogen-bond donors (Lipinski definition) is 1. The summed E-state index contributed by atoms with van der Waals surface area (Å²) in [6.07, 6.45) is 2.14. The fourth-order valence-electron chi connectivity index (χ4n) is 2.07. The maximum Gasteiger partial charge on any atom is 0.164 e. The Kier molecular flexibility index (Phi) is 5.78. The van der Waals surface area contributed by atoms with E-state index in [1.165, 1.54) is 0 Å². The summed E-state index contributed by atoms with van der Waals surface area (Å²) in [5.74, 6) is 2.23. The van der Waals surface area contributed by atoms with Gasteiger partial charge in [0, 0.05) is 17.7 Å². The molecule has 0 aliphatic carbocycles. The smallest absolute Gasteiger partial charge is 0.164 e. The van der Waals surface area contributed by atoms with Crippen molar-refractivity contribution >= 4 is 0 Å². The Morgan fingerprint density at radius 1 is 1.00 bits per heavy atom. The van der Waals surface area contributed by atoms with Gasteiger partial charge < -0.3 is 19.5 Å². The monoisotopic (exact) mass is 253 g/mol. The van der Waals surface area contributed by atoms with Crippen molar-refractivity contribution < 1.29 is 14.2 Å². The predicted octanol–water partition coefficient (Wildman–Crippen LogP) is 2.77. The lowest BCUT2D eigenvalue weighted by atomic mass is 10.0. The third-order valence-electron chi connectivity index (χ3n) is 3.04. The molecular weight excluding hydrogens is 230 g/mol. The fourth-order valence-corrected chi connectivity index (χ4v) is 2.07. The highest BCUT2D eigenvalue weighted by Crippen LogP contribution is 2.38. The van der Waals surface area contributed by atoms with Gasteiger partial charge in [0.05, 0.1) is 21.3 Å². The van der Waals surface area contributed by atoms with Crippen LogP contribution >= 0.6 is 0 Å². The quantitative estimate of drug-likeness (QED) is 0.811. The van der Waals surface area contributed by atoms with E-state index in [4.69, 9.17) is 14.2 Å². The summed E-state index contributed by atoms with van der Waals surface area (Å²) in [7, 11) is 6.89. The number of ether oxygens (including phenoxy) is 3. The minimum absolute atomic E-state index is 0.254. The van der Waals surface area contributed by atoms with Crippen LogP contribution in [0.15, 0.2) is 12.1 Å². The number of benzene rings is 1. The van der Waals surface area contributed by atoms with Crippen molar-refractivity contribution in [2.75, 3.05) is 28.4 Å². The first kappa shape index (κ1) is 14.6. The van der Waals surface area contributed by atoms with Crippen molar-refractivity contribution in [3.63, 3.8) is 0 Å². The molecule has 0 spiro atoms. The van der Waals surface area contributed by atoms with Gasteiger partial charge in [0.15, 0.2) is 11.5 Å². The minimum Gasteiger partial charge on any atom is -0.496 e. The zero-order chi connectivity index (χ0) is 13.5. The highest BCUT2D eigenvalue weighted by Gasteiger charge is 2.18. The topological polar surface area (TPSA) is 39.7 Å². The highest BCUT2D eigenvalue weighted by atomic mass is 16.5. The first-order valence-electron chi connectivity index (χ1n) is 6.18. The van der Waals surface area contributed by atoms with E-state index in [1.54, 1.807) is 21.3 Å². The van der Waals surface area contributed by atoms with E-state index < -0.39 is 0 Å². The van der Waals surface area contributed by atoms with Crippen LogP contribution in [-0.2, 0) is 0 Å². The Labute approximate surface area is 109 Å². The molecule has 0 saturated carbocycles. The number of rotatable bonds is 7. The minimum atomic E-state index is 0.254. The van der Waals surface area contributed by atoms with Crippen LogP contribution in [0.5, 0.6) is 17.2 Å². The second-order valence-corrected chi connectivity index (χ2v) is 4.08. The molecule has 0 aliphatic heterocycles. The van der Waals surface area contributed by atoms with Crippen LogP contribution < -0.4 is 19.5 Å². The summed E-state index contributed by atoms with van der Waals surface area (Å²) >= 11 is 0. The summed E-state index contributed by atoms with van der Waals surface area (Å²) in [6.45, 7) is 2.16. The van der Waals surface area contributed by atoms with E-state index >= 15 is 0 Å². The van der Waals surface area contributed by atoms with Gasteiger partial charge in [-0.2, -0.15) is 0 Å². The molecule has 18 heavy (non-hydrogen) atoms. The first-order chi connectivity index (χ1) is 8.71. The molecule has 4 heteroatoms. The largest absolute Gasteiger partial charge is 0.496 e. The molecule has 1 aromatic rings. The maximum atomic E-state index is 5.44. The lowest BCUT2D eigenvalue weighted by Crippen LogP contribution is -2.17. The molecule has 0 heterocycles. The second-order valence-electron chi connectivity index (χ2n) is 4.08. The Morgan fingerprint density at radius 2 is 1.56 bits per heavy atom. The molecular formula is C14H23NO3. The van der Waals surface area contributed by atoms with Crippen LogP contribution in [-0.4, -0.2) is 28.4 Å². The van der Waals surface area contributed by atoms with E-state index in [1.807, 2.05) is 19.2 Å². The van der Waals surface area contributed by atoms with Crippen LogP contribution in [0.1, 0.15) is 31.4 Å². The highest BCUT2D eigenvalue weighted by molar-refractivity contribution is 5.51. The molecule has 0 bridgehead atoms. The molecule has 4 nitrogen and oxygen atoms in total. The van der Waals surface area contributed by atoms with Crippen LogP contribution in [0.3, 0.4) is 0 Å². The summed E-state index contributed by atoms with van der Waals surface area (Å²) in [6, 6.07) is 4.10. The van der Waals surface area contributed by atoms with Crippen molar-refractivity contribution in [3.05, 3.63) is 17.7 Å². The van der Waals surface area contributed by atoms with Gasteiger partial charge in [-0.25, -0.2) is 0 Å². The Bertz CT molecular complexity index is 380. The molecule has 1 unspecified atom stereocenters. The van der Waals surface area contributed by atoms with Crippen molar-refractivity contribution in [3.8, 4) is 17.2 Å². The summed E-state index contributed by atoms with van der Waals surface area (Å²) < 4.78 is 16.1. The van der Waals surface area contributed by atoms with Crippen molar-refractivity contribution in [1.29, 1.82) is 0 Å². The molecule has 0 amide bonds. The van der Waals surface area contributed by atoms with E-state index in [0.29, 0.717) is 5.75 Å². The molecule has 0 aromatic heterocycles. The summed E-state index contributed by atoms with van der Waals surface area (Å²) in [5.41, 5.74) is 1.10. The third-order valence-corrected chi connectivity index (χ3v) is 3.04. The molecule has 0 aliphatic rings. The van der Waals surface area contributed by atoms with E-state index in [0.717, 1.165) is 29.9 Å². The molecule has 1 aromatic carbocycles. The molecule has 1 atom stereocenters. The van der Waals surface area contributed by atoms with Gasteiger partial charge in [-0.15, -0.1) is 0 Å².